The Morgan fingerprint density at radius 1 is 1.26 bits per heavy atom. The second-order valence-electron chi connectivity index (χ2n) is 4.25. The molecule has 7 nitrogen and oxygen atoms in total. The van der Waals surface area contributed by atoms with Crippen LogP contribution in [0.2, 0.25) is 0 Å². The van der Waals surface area contributed by atoms with Crippen molar-refractivity contribution in [1.82, 2.24) is 28.3 Å². The summed E-state index contributed by atoms with van der Waals surface area (Å²) in [6, 6.07) is 3.75. The van der Waals surface area contributed by atoms with Gasteiger partial charge < -0.3 is 9.97 Å². The highest BCUT2D eigenvalue weighted by molar-refractivity contribution is 6.99. The highest BCUT2D eigenvalue weighted by atomic mass is 32.1. The monoisotopic (exact) mass is 272 g/mol. The van der Waals surface area contributed by atoms with Crippen LogP contribution in [0.15, 0.2) is 23.1 Å². The van der Waals surface area contributed by atoms with Crippen LogP contribution < -0.4 is 5.69 Å². The van der Waals surface area contributed by atoms with E-state index in [1.165, 1.54) is 0 Å². The molecular formula is C11H8N6OS. The molecule has 0 amide bonds. The van der Waals surface area contributed by atoms with Crippen molar-refractivity contribution in [2.75, 3.05) is 0 Å². The fourth-order valence-electron chi connectivity index (χ4n) is 2.12. The largest absolute Gasteiger partial charge is 0.336 e. The highest BCUT2D eigenvalue weighted by Crippen LogP contribution is 2.22. The molecule has 0 atom stereocenters. The van der Waals surface area contributed by atoms with E-state index in [1.54, 1.807) is 17.8 Å². The van der Waals surface area contributed by atoms with Crippen molar-refractivity contribution in [2.45, 2.75) is 0 Å². The molecule has 0 radical (unpaired) electrons. The number of H-pyrrole nitrogens is 2. The van der Waals surface area contributed by atoms with Crippen LogP contribution in [0.25, 0.3) is 33.6 Å². The Bertz CT molecular complexity index is 945. The Balaban J connectivity index is 2.04. The minimum Gasteiger partial charge on any atom is -0.336 e. The summed E-state index contributed by atoms with van der Waals surface area (Å²) in [7, 11) is 1.73. The SMILES string of the molecule is Cn1c(=O)[nH]c2cc3[nH]c(-c4cnsn4)nc3cc21. The van der Waals surface area contributed by atoms with Gasteiger partial charge in [-0.2, -0.15) is 8.75 Å². The molecule has 0 aliphatic heterocycles. The molecule has 4 rings (SSSR count). The number of aryl methyl sites for hydroxylation is 1. The molecule has 1 aromatic carbocycles. The van der Waals surface area contributed by atoms with Crippen molar-refractivity contribution in [3.63, 3.8) is 0 Å². The molecule has 0 spiro atoms. The minimum absolute atomic E-state index is 0.133. The first-order valence-corrected chi connectivity index (χ1v) is 6.32. The first-order chi connectivity index (χ1) is 9.22. The number of rotatable bonds is 1. The van der Waals surface area contributed by atoms with Crippen LogP contribution in [0.1, 0.15) is 0 Å². The van der Waals surface area contributed by atoms with Crippen molar-refractivity contribution < 1.29 is 0 Å². The van der Waals surface area contributed by atoms with Gasteiger partial charge in [0, 0.05) is 7.05 Å². The van der Waals surface area contributed by atoms with E-state index in [0.717, 1.165) is 39.5 Å². The van der Waals surface area contributed by atoms with Crippen molar-refractivity contribution in [1.29, 1.82) is 0 Å². The number of nitrogens with one attached hydrogen (secondary N) is 2. The van der Waals surface area contributed by atoms with Crippen LogP contribution in [0.5, 0.6) is 0 Å². The average molecular weight is 272 g/mol. The standard InChI is InChI=1S/C11H8N6OS/c1-17-9-3-6-5(2-7(9)15-11(17)18)13-10(14-6)8-4-12-19-16-8/h2-4H,1H3,(H,13,14)(H,15,18). The fraction of sp³-hybridized carbons (Fsp3) is 0.0909. The van der Waals surface area contributed by atoms with E-state index in [0.29, 0.717) is 5.82 Å². The van der Waals surface area contributed by atoms with Crippen molar-refractivity contribution in [3.05, 3.63) is 28.8 Å². The van der Waals surface area contributed by atoms with Gasteiger partial charge in [0.25, 0.3) is 0 Å². The molecule has 0 unspecified atom stereocenters. The summed E-state index contributed by atoms with van der Waals surface area (Å²) in [5, 5.41) is 0. The van der Waals surface area contributed by atoms with E-state index < -0.39 is 0 Å². The summed E-state index contributed by atoms with van der Waals surface area (Å²) in [6.07, 6.45) is 1.67. The third-order valence-electron chi connectivity index (χ3n) is 3.11. The summed E-state index contributed by atoms with van der Waals surface area (Å²) >= 11 is 1.14. The summed E-state index contributed by atoms with van der Waals surface area (Å²) in [5.41, 5.74) is 3.85. The second-order valence-corrected chi connectivity index (χ2v) is 4.81. The summed E-state index contributed by atoms with van der Waals surface area (Å²) in [5.74, 6) is 0.682. The molecule has 8 heteroatoms. The van der Waals surface area contributed by atoms with Gasteiger partial charge in [-0.1, -0.05) is 0 Å². The number of aromatic amines is 2. The first-order valence-electron chi connectivity index (χ1n) is 5.59. The van der Waals surface area contributed by atoms with Crippen LogP contribution in [-0.2, 0) is 7.05 Å². The van der Waals surface area contributed by atoms with Gasteiger partial charge in [0.2, 0.25) is 0 Å². The van der Waals surface area contributed by atoms with Crippen LogP contribution >= 0.6 is 11.7 Å². The zero-order valence-corrected chi connectivity index (χ0v) is 10.7. The molecular weight excluding hydrogens is 264 g/mol. The van der Waals surface area contributed by atoms with Crippen molar-refractivity contribution in [3.8, 4) is 11.5 Å². The lowest BCUT2D eigenvalue weighted by Crippen LogP contribution is -2.11. The highest BCUT2D eigenvalue weighted by Gasteiger charge is 2.11. The maximum absolute atomic E-state index is 11.6. The van der Waals surface area contributed by atoms with E-state index in [4.69, 9.17) is 0 Å². The van der Waals surface area contributed by atoms with Gasteiger partial charge in [-0.3, -0.25) is 4.57 Å². The van der Waals surface area contributed by atoms with E-state index >= 15 is 0 Å². The van der Waals surface area contributed by atoms with Gasteiger partial charge in [-0.25, -0.2) is 9.78 Å². The lowest BCUT2D eigenvalue weighted by molar-refractivity contribution is 0.892. The fourth-order valence-corrected chi connectivity index (χ4v) is 2.54. The van der Waals surface area contributed by atoms with Gasteiger partial charge >= 0.3 is 5.69 Å². The average Bonchev–Trinajstić information content (AvgIpc) is 3.08. The zero-order valence-electron chi connectivity index (χ0n) is 9.84. The Labute approximate surface area is 110 Å². The number of imidazole rings is 2. The van der Waals surface area contributed by atoms with Crippen LogP contribution in [0.4, 0.5) is 0 Å². The van der Waals surface area contributed by atoms with E-state index in [-0.39, 0.29) is 5.69 Å². The van der Waals surface area contributed by atoms with Gasteiger partial charge in [0.05, 0.1) is 40.0 Å². The predicted molar refractivity (Wildman–Crippen MR) is 72.1 cm³/mol. The molecule has 3 heterocycles. The smallest absolute Gasteiger partial charge is 0.326 e. The molecule has 0 fully saturated rings. The lowest BCUT2D eigenvalue weighted by Gasteiger charge is -1.92. The lowest BCUT2D eigenvalue weighted by atomic mass is 10.3. The predicted octanol–water partition coefficient (Wildman–Crippen LogP) is 1.26. The molecule has 94 valence electrons. The number of hydrogen-bond donors (Lipinski definition) is 2. The van der Waals surface area contributed by atoms with Gasteiger partial charge in [0.1, 0.15) is 5.69 Å². The molecule has 4 aromatic rings. The number of nitrogens with zero attached hydrogens (tertiary/aromatic N) is 4. The van der Waals surface area contributed by atoms with E-state index in [2.05, 4.69) is 23.7 Å². The minimum atomic E-state index is -0.133. The quantitative estimate of drug-likeness (QED) is 0.545. The first kappa shape index (κ1) is 10.4. The molecule has 0 bridgehead atoms. The summed E-state index contributed by atoms with van der Waals surface area (Å²) in [6.45, 7) is 0. The number of fused-ring (bicyclic) bond motifs is 2. The van der Waals surface area contributed by atoms with Crippen molar-refractivity contribution in [2.24, 2.45) is 7.05 Å². The van der Waals surface area contributed by atoms with Crippen molar-refractivity contribution >= 4 is 33.8 Å². The maximum Gasteiger partial charge on any atom is 0.326 e. The summed E-state index contributed by atoms with van der Waals surface area (Å²) in [4.78, 5) is 22.0. The number of hydrogen-bond acceptors (Lipinski definition) is 5. The number of benzene rings is 1. The van der Waals surface area contributed by atoms with E-state index in [9.17, 15) is 4.79 Å². The molecule has 2 N–H and O–H groups in total. The Hall–Kier alpha value is -2.48. The molecule has 0 saturated heterocycles. The van der Waals surface area contributed by atoms with Gasteiger partial charge in [-0.05, 0) is 12.1 Å². The Morgan fingerprint density at radius 2 is 2.16 bits per heavy atom. The Morgan fingerprint density at radius 3 is 2.95 bits per heavy atom. The van der Waals surface area contributed by atoms with E-state index in [1.807, 2.05) is 12.1 Å². The molecule has 19 heavy (non-hydrogen) atoms. The van der Waals surface area contributed by atoms with Gasteiger partial charge in [-0.15, -0.1) is 0 Å². The third-order valence-corrected chi connectivity index (χ3v) is 3.59. The summed E-state index contributed by atoms with van der Waals surface area (Å²) < 4.78 is 9.67. The number of aromatic nitrogens is 6. The van der Waals surface area contributed by atoms with Gasteiger partial charge in [0.15, 0.2) is 5.82 Å². The van der Waals surface area contributed by atoms with Crippen LogP contribution in [0, 0.1) is 0 Å². The Kier molecular flexibility index (Phi) is 1.93. The zero-order chi connectivity index (χ0) is 13.0. The second kappa shape index (κ2) is 3.51. The molecule has 0 saturated carbocycles. The normalized spacial score (nSPS) is 11.6. The topological polar surface area (TPSA) is 92.2 Å². The molecule has 0 aliphatic rings. The third kappa shape index (κ3) is 1.43. The maximum atomic E-state index is 11.6. The van der Waals surface area contributed by atoms with Crippen LogP contribution in [-0.4, -0.2) is 28.3 Å². The molecule has 3 aromatic heterocycles. The van der Waals surface area contributed by atoms with Crippen LogP contribution in [0.3, 0.4) is 0 Å². The molecule has 0 aliphatic carbocycles.